The van der Waals surface area contributed by atoms with Gasteiger partial charge in [0.2, 0.25) is 0 Å². The predicted octanol–water partition coefficient (Wildman–Crippen LogP) is 3.74. The van der Waals surface area contributed by atoms with E-state index in [-0.39, 0.29) is 11.6 Å². The molecule has 26 heavy (non-hydrogen) atoms. The van der Waals surface area contributed by atoms with Crippen molar-refractivity contribution in [1.29, 1.82) is 0 Å². The van der Waals surface area contributed by atoms with Gasteiger partial charge in [0, 0.05) is 25.0 Å². The van der Waals surface area contributed by atoms with Crippen molar-refractivity contribution in [3.63, 3.8) is 0 Å². The van der Waals surface area contributed by atoms with Gasteiger partial charge < -0.3 is 14.2 Å². The zero-order chi connectivity index (χ0) is 18.3. The standard InChI is InChI=1S/C20H18N4O2/c1-13(24-10-9-21-12-24)16-7-8-18-17(11-16)22-19(23(18)2)14-3-5-15(6-4-14)20(25)26/h3-13H,1-2H3,(H,25,26). The van der Waals surface area contributed by atoms with E-state index in [2.05, 4.69) is 34.7 Å². The fourth-order valence-electron chi connectivity index (χ4n) is 3.17. The summed E-state index contributed by atoms with van der Waals surface area (Å²) in [5.74, 6) is -0.121. The molecule has 6 nitrogen and oxygen atoms in total. The molecule has 0 fully saturated rings. The largest absolute Gasteiger partial charge is 0.478 e. The van der Waals surface area contributed by atoms with Crippen LogP contribution >= 0.6 is 0 Å². The van der Waals surface area contributed by atoms with Gasteiger partial charge in [0.1, 0.15) is 5.82 Å². The lowest BCUT2D eigenvalue weighted by Gasteiger charge is -2.13. The summed E-state index contributed by atoms with van der Waals surface area (Å²) in [7, 11) is 1.97. The topological polar surface area (TPSA) is 72.9 Å². The van der Waals surface area contributed by atoms with Crippen LogP contribution in [0.1, 0.15) is 28.9 Å². The van der Waals surface area contributed by atoms with Crippen LogP contribution in [0.5, 0.6) is 0 Å². The van der Waals surface area contributed by atoms with Gasteiger partial charge in [0.25, 0.3) is 0 Å². The number of carboxylic acid groups (broad SMARTS) is 1. The van der Waals surface area contributed by atoms with Crippen LogP contribution in [0.4, 0.5) is 0 Å². The molecular formula is C20H18N4O2. The molecule has 0 aliphatic rings. The van der Waals surface area contributed by atoms with Crippen LogP contribution in [0.25, 0.3) is 22.4 Å². The van der Waals surface area contributed by atoms with E-state index < -0.39 is 5.97 Å². The smallest absolute Gasteiger partial charge is 0.335 e. The summed E-state index contributed by atoms with van der Waals surface area (Å²) in [6, 6.07) is 13.2. The second kappa shape index (κ2) is 6.15. The number of hydrogen-bond donors (Lipinski definition) is 1. The molecule has 2 heterocycles. The molecule has 0 bridgehead atoms. The molecule has 4 rings (SSSR count). The average Bonchev–Trinajstić information content (AvgIpc) is 3.29. The molecule has 4 aromatic rings. The quantitative estimate of drug-likeness (QED) is 0.611. The van der Waals surface area contributed by atoms with Crippen molar-refractivity contribution in [2.75, 3.05) is 0 Å². The fraction of sp³-hybridized carbons (Fsp3) is 0.150. The van der Waals surface area contributed by atoms with Crippen molar-refractivity contribution in [3.8, 4) is 11.4 Å². The Balaban J connectivity index is 1.75. The molecule has 130 valence electrons. The maximum absolute atomic E-state index is 11.0. The minimum Gasteiger partial charge on any atom is -0.478 e. The van der Waals surface area contributed by atoms with Crippen LogP contribution < -0.4 is 0 Å². The highest BCUT2D eigenvalue weighted by molar-refractivity contribution is 5.88. The van der Waals surface area contributed by atoms with Crippen molar-refractivity contribution < 1.29 is 9.90 Å². The van der Waals surface area contributed by atoms with E-state index in [0.29, 0.717) is 0 Å². The van der Waals surface area contributed by atoms with Gasteiger partial charge in [-0.1, -0.05) is 18.2 Å². The number of aromatic carboxylic acids is 1. The third-order valence-electron chi connectivity index (χ3n) is 4.75. The minimum absolute atomic E-state index is 0.169. The Morgan fingerprint density at radius 2 is 1.92 bits per heavy atom. The summed E-state index contributed by atoms with van der Waals surface area (Å²) in [6.07, 6.45) is 5.53. The summed E-state index contributed by atoms with van der Waals surface area (Å²) in [5.41, 5.74) is 4.25. The first kappa shape index (κ1) is 16.1. The molecule has 0 aliphatic carbocycles. The first-order valence-electron chi connectivity index (χ1n) is 8.32. The molecule has 1 unspecified atom stereocenters. The minimum atomic E-state index is -0.931. The molecule has 0 saturated carbocycles. The number of carbonyl (C=O) groups is 1. The molecule has 2 aromatic heterocycles. The third kappa shape index (κ3) is 2.65. The monoisotopic (exact) mass is 346 g/mol. The van der Waals surface area contributed by atoms with Gasteiger partial charge in [-0.25, -0.2) is 14.8 Å². The maximum atomic E-state index is 11.0. The number of aryl methyl sites for hydroxylation is 1. The van der Waals surface area contributed by atoms with Crippen molar-refractivity contribution >= 4 is 17.0 Å². The highest BCUT2D eigenvalue weighted by Gasteiger charge is 2.14. The van der Waals surface area contributed by atoms with Gasteiger partial charge in [-0.3, -0.25) is 0 Å². The first-order chi connectivity index (χ1) is 12.5. The van der Waals surface area contributed by atoms with Gasteiger partial charge in [-0.05, 0) is 36.8 Å². The first-order valence-corrected chi connectivity index (χ1v) is 8.32. The van der Waals surface area contributed by atoms with Gasteiger partial charge in [-0.2, -0.15) is 0 Å². The van der Waals surface area contributed by atoms with Crippen LogP contribution in [0.3, 0.4) is 0 Å². The Morgan fingerprint density at radius 3 is 2.58 bits per heavy atom. The third-order valence-corrected chi connectivity index (χ3v) is 4.75. The fourth-order valence-corrected chi connectivity index (χ4v) is 3.17. The number of fused-ring (bicyclic) bond motifs is 1. The summed E-state index contributed by atoms with van der Waals surface area (Å²) in [4.78, 5) is 19.9. The van der Waals surface area contributed by atoms with Gasteiger partial charge in [0.05, 0.1) is 29.0 Å². The van der Waals surface area contributed by atoms with Crippen LogP contribution in [0, 0.1) is 0 Å². The highest BCUT2D eigenvalue weighted by atomic mass is 16.4. The maximum Gasteiger partial charge on any atom is 0.335 e. The second-order valence-electron chi connectivity index (χ2n) is 6.31. The molecule has 1 N–H and O–H groups in total. The Bertz CT molecular complexity index is 1080. The number of hydrogen-bond acceptors (Lipinski definition) is 3. The molecule has 1 atom stereocenters. The van der Waals surface area contributed by atoms with E-state index in [9.17, 15) is 4.79 Å². The molecule has 0 radical (unpaired) electrons. The molecule has 0 aliphatic heterocycles. The normalized spacial score (nSPS) is 12.4. The van der Waals surface area contributed by atoms with Crippen molar-refractivity contribution in [2.45, 2.75) is 13.0 Å². The van der Waals surface area contributed by atoms with E-state index in [1.54, 1.807) is 30.5 Å². The lowest BCUT2D eigenvalue weighted by molar-refractivity contribution is 0.0697. The number of nitrogens with zero attached hydrogens (tertiary/aromatic N) is 4. The van der Waals surface area contributed by atoms with E-state index in [4.69, 9.17) is 10.1 Å². The Kier molecular flexibility index (Phi) is 3.80. The zero-order valence-electron chi connectivity index (χ0n) is 14.5. The molecule has 6 heteroatoms. The van der Waals surface area contributed by atoms with Crippen LogP contribution in [-0.4, -0.2) is 30.2 Å². The van der Waals surface area contributed by atoms with Crippen molar-refractivity contribution in [1.82, 2.24) is 19.1 Å². The lowest BCUT2D eigenvalue weighted by Crippen LogP contribution is -2.04. The molecule has 0 spiro atoms. The Hall–Kier alpha value is -3.41. The summed E-state index contributed by atoms with van der Waals surface area (Å²) >= 11 is 0. The van der Waals surface area contributed by atoms with Crippen molar-refractivity contribution in [2.24, 2.45) is 7.05 Å². The lowest BCUT2D eigenvalue weighted by atomic mass is 10.1. The van der Waals surface area contributed by atoms with Crippen LogP contribution in [-0.2, 0) is 7.05 Å². The summed E-state index contributed by atoms with van der Waals surface area (Å²) < 4.78 is 4.08. The Morgan fingerprint density at radius 1 is 1.15 bits per heavy atom. The van der Waals surface area contributed by atoms with E-state index in [1.165, 1.54) is 0 Å². The molecule has 0 saturated heterocycles. The van der Waals surface area contributed by atoms with E-state index in [0.717, 1.165) is 28.0 Å². The highest BCUT2D eigenvalue weighted by Crippen LogP contribution is 2.27. The van der Waals surface area contributed by atoms with Crippen molar-refractivity contribution in [3.05, 3.63) is 72.3 Å². The number of imidazole rings is 2. The Labute approximate surface area is 150 Å². The molecule has 2 aromatic carbocycles. The number of carboxylic acids is 1. The summed E-state index contributed by atoms with van der Waals surface area (Å²) in [5, 5.41) is 9.05. The number of rotatable bonds is 4. The van der Waals surface area contributed by atoms with Crippen LogP contribution in [0.15, 0.2) is 61.2 Å². The van der Waals surface area contributed by atoms with E-state index >= 15 is 0 Å². The van der Waals surface area contributed by atoms with Crippen LogP contribution in [0.2, 0.25) is 0 Å². The van der Waals surface area contributed by atoms with Gasteiger partial charge in [-0.15, -0.1) is 0 Å². The zero-order valence-corrected chi connectivity index (χ0v) is 14.5. The SMILES string of the molecule is CC(c1ccc2c(c1)nc(-c1ccc(C(=O)O)cc1)n2C)n1ccnc1. The van der Waals surface area contributed by atoms with Gasteiger partial charge >= 0.3 is 5.97 Å². The second-order valence-corrected chi connectivity index (χ2v) is 6.31. The number of benzene rings is 2. The predicted molar refractivity (Wildman–Crippen MR) is 99.1 cm³/mol. The number of aromatic nitrogens is 4. The average molecular weight is 346 g/mol. The molecular weight excluding hydrogens is 328 g/mol. The summed E-state index contributed by atoms with van der Waals surface area (Å²) in [6.45, 7) is 2.12. The van der Waals surface area contributed by atoms with E-state index in [1.807, 2.05) is 24.1 Å². The molecule has 0 amide bonds. The van der Waals surface area contributed by atoms with Gasteiger partial charge in [0.15, 0.2) is 0 Å².